The van der Waals surface area contributed by atoms with Gasteiger partial charge in [-0.1, -0.05) is 6.92 Å². The minimum atomic E-state index is -0.0944. The van der Waals surface area contributed by atoms with E-state index in [4.69, 9.17) is 10.2 Å². The van der Waals surface area contributed by atoms with Crippen LogP contribution in [0.1, 0.15) is 25.7 Å². The minimum absolute atomic E-state index is 0.0797. The number of nitrogens with one attached hydrogen (secondary N) is 1. The zero-order valence-electron chi connectivity index (χ0n) is 10.6. The molecule has 0 bridgehead atoms. The van der Waals surface area contributed by atoms with E-state index >= 15 is 0 Å². The highest BCUT2D eigenvalue weighted by molar-refractivity contribution is 5.93. The summed E-state index contributed by atoms with van der Waals surface area (Å²) < 4.78 is 5.37. The number of nitrogens with zero attached hydrogens (tertiary/aromatic N) is 1. The molecule has 0 spiro atoms. The first-order valence-corrected chi connectivity index (χ1v) is 6.01. The van der Waals surface area contributed by atoms with Crippen molar-refractivity contribution < 1.29 is 9.21 Å². The molecule has 5 nitrogen and oxygen atoms in total. The van der Waals surface area contributed by atoms with E-state index in [9.17, 15) is 4.79 Å². The van der Waals surface area contributed by atoms with Crippen molar-refractivity contribution in [2.24, 2.45) is 5.73 Å². The summed E-state index contributed by atoms with van der Waals surface area (Å²) in [5.41, 5.74) is 7.90. The average molecular weight is 247 g/mol. The number of amides is 1. The van der Waals surface area contributed by atoms with Gasteiger partial charge < -0.3 is 15.5 Å². The molecule has 0 saturated carbocycles. The number of benzene rings is 1. The van der Waals surface area contributed by atoms with Crippen LogP contribution in [0.5, 0.6) is 0 Å². The monoisotopic (exact) mass is 247 g/mol. The Labute approximate surface area is 105 Å². The number of nitrogens with two attached hydrogens (primary N) is 1. The van der Waals surface area contributed by atoms with Gasteiger partial charge in [-0.15, -0.1) is 0 Å². The molecule has 0 aliphatic heterocycles. The van der Waals surface area contributed by atoms with E-state index in [-0.39, 0.29) is 11.9 Å². The summed E-state index contributed by atoms with van der Waals surface area (Å²) >= 11 is 0. The summed E-state index contributed by atoms with van der Waals surface area (Å²) in [7, 11) is 0. The van der Waals surface area contributed by atoms with E-state index in [0.717, 1.165) is 17.5 Å². The molecule has 18 heavy (non-hydrogen) atoms. The lowest BCUT2D eigenvalue weighted by molar-refractivity contribution is -0.116. The Balaban J connectivity index is 2.09. The maximum atomic E-state index is 11.7. The molecule has 2 aromatic rings. The van der Waals surface area contributed by atoms with Gasteiger partial charge in [-0.2, -0.15) is 0 Å². The number of hydrogen-bond donors (Lipinski definition) is 2. The Morgan fingerprint density at radius 2 is 2.33 bits per heavy atom. The van der Waals surface area contributed by atoms with Crippen LogP contribution in [0.4, 0.5) is 5.69 Å². The van der Waals surface area contributed by atoms with E-state index in [1.54, 1.807) is 25.1 Å². The number of aryl methyl sites for hydroxylation is 1. The van der Waals surface area contributed by atoms with Crippen LogP contribution in [-0.4, -0.2) is 16.9 Å². The molecule has 2 rings (SSSR count). The van der Waals surface area contributed by atoms with Crippen LogP contribution >= 0.6 is 0 Å². The van der Waals surface area contributed by atoms with Gasteiger partial charge in [-0.3, -0.25) is 4.79 Å². The van der Waals surface area contributed by atoms with Gasteiger partial charge >= 0.3 is 0 Å². The van der Waals surface area contributed by atoms with Crippen molar-refractivity contribution in [3.63, 3.8) is 0 Å². The third-order valence-electron chi connectivity index (χ3n) is 2.75. The topological polar surface area (TPSA) is 81.2 Å². The first kappa shape index (κ1) is 12.6. The number of carbonyl (C=O) groups is 1. The van der Waals surface area contributed by atoms with Crippen LogP contribution in [0.3, 0.4) is 0 Å². The van der Waals surface area contributed by atoms with Crippen molar-refractivity contribution in [1.29, 1.82) is 0 Å². The summed E-state index contributed by atoms with van der Waals surface area (Å²) in [6.07, 6.45) is 1.11. The summed E-state index contributed by atoms with van der Waals surface area (Å²) in [6.45, 7) is 3.75. The van der Waals surface area contributed by atoms with E-state index in [1.165, 1.54) is 0 Å². The van der Waals surface area contributed by atoms with Gasteiger partial charge in [0.2, 0.25) is 5.91 Å². The Bertz CT molecular complexity index is 562. The van der Waals surface area contributed by atoms with Crippen LogP contribution in [0, 0.1) is 6.92 Å². The highest BCUT2D eigenvalue weighted by atomic mass is 16.3. The van der Waals surface area contributed by atoms with Gasteiger partial charge in [0.05, 0.1) is 0 Å². The lowest BCUT2D eigenvalue weighted by Gasteiger charge is -2.09. The molecule has 5 heteroatoms. The lowest BCUT2D eigenvalue weighted by Crippen LogP contribution is -2.26. The number of fused-ring (bicyclic) bond motifs is 1. The van der Waals surface area contributed by atoms with Gasteiger partial charge in [-0.25, -0.2) is 4.98 Å². The van der Waals surface area contributed by atoms with Crippen molar-refractivity contribution in [1.82, 2.24) is 4.98 Å². The fourth-order valence-corrected chi connectivity index (χ4v) is 1.71. The molecule has 0 aliphatic rings. The molecule has 0 saturated heterocycles. The Morgan fingerprint density at radius 1 is 1.56 bits per heavy atom. The predicted octanol–water partition coefficient (Wildman–Crippen LogP) is 2.20. The van der Waals surface area contributed by atoms with Crippen molar-refractivity contribution in [2.75, 3.05) is 5.32 Å². The molecule has 0 fully saturated rings. The molecular weight excluding hydrogens is 230 g/mol. The van der Waals surface area contributed by atoms with Crippen molar-refractivity contribution in [3.05, 3.63) is 24.1 Å². The third kappa shape index (κ3) is 2.87. The molecule has 1 amide bonds. The quantitative estimate of drug-likeness (QED) is 0.867. The zero-order valence-corrected chi connectivity index (χ0v) is 10.6. The molecule has 0 radical (unpaired) electrons. The number of aromatic nitrogens is 1. The normalized spacial score (nSPS) is 12.6. The van der Waals surface area contributed by atoms with Gasteiger partial charge in [0, 0.05) is 25.1 Å². The van der Waals surface area contributed by atoms with E-state index < -0.39 is 0 Å². The number of carbonyl (C=O) groups excluding carboxylic acids is 1. The molecular formula is C13H17N3O2. The predicted molar refractivity (Wildman–Crippen MR) is 70.3 cm³/mol. The second-order valence-electron chi connectivity index (χ2n) is 4.34. The van der Waals surface area contributed by atoms with Gasteiger partial charge in [0.1, 0.15) is 5.52 Å². The SMILES string of the molecule is CCC(N)CC(=O)Nc1ccc2oc(C)nc2c1. The molecule has 1 aromatic heterocycles. The standard InChI is InChI=1S/C13H17N3O2/c1-3-9(14)6-13(17)16-10-4-5-12-11(7-10)15-8(2)18-12/h4-5,7,9H,3,6,14H2,1-2H3,(H,16,17). The molecule has 3 N–H and O–H groups in total. The Morgan fingerprint density at radius 3 is 3.06 bits per heavy atom. The summed E-state index contributed by atoms with van der Waals surface area (Å²) in [6, 6.07) is 5.29. The Kier molecular flexibility index (Phi) is 3.62. The van der Waals surface area contributed by atoms with Gasteiger partial charge in [-0.05, 0) is 24.6 Å². The van der Waals surface area contributed by atoms with Gasteiger partial charge in [0.25, 0.3) is 0 Å². The highest BCUT2D eigenvalue weighted by Gasteiger charge is 2.09. The van der Waals surface area contributed by atoms with Crippen LogP contribution in [-0.2, 0) is 4.79 Å². The van der Waals surface area contributed by atoms with Crippen molar-refractivity contribution >= 4 is 22.7 Å². The van der Waals surface area contributed by atoms with Crippen LogP contribution in [0.15, 0.2) is 22.6 Å². The number of oxazole rings is 1. The summed E-state index contributed by atoms with van der Waals surface area (Å²) in [5, 5.41) is 2.81. The maximum absolute atomic E-state index is 11.7. The maximum Gasteiger partial charge on any atom is 0.225 e. The third-order valence-corrected chi connectivity index (χ3v) is 2.75. The summed E-state index contributed by atoms with van der Waals surface area (Å²) in [4.78, 5) is 15.9. The smallest absolute Gasteiger partial charge is 0.225 e. The van der Waals surface area contributed by atoms with Crippen molar-refractivity contribution in [2.45, 2.75) is 32.7 Å². The first-order chi connectivity index (χ1) is 8.58. The summed E-state index contributed by atoms with van der Waals surface area (Å²) in [5.74, 6) is 0.533. The minimum Gasteiger partial charge on any atom is -0.441 e. The fraction of sp³-hybridized carbons (Fsp3) is 0.385. The lowest BCUT2D eigenvalue weighted by atomic mass is 10.1. The Hall–Kier alpha value is -1.88. The van der Waals surface area contributed by atoms with E-state index in [1.807, 2.05) is 6.92 Å². The molecule has 96 valence electrons. The molecule has 1 unspecified atom stereocenters. The molecule has 0 aliphatic carbocycles. The van der Waals surface area contributed by atoms with Crippen LogP contribution in [0.25, 0.3) is 11.1 Å². The largest absolute Gasteiger partial charge is 0.441 e. The van der Waals surface area contributed by atoms with E-state index in [0.29, 0.717) is 18.0 Å². The molecule has 1 aromatic carbocycles. The number of rotatable bonds is 4. The highest BCUT2D eigenvalue weighted by Crippen LogP contribution is 2.19. The second kappa shape index (κ2) is 5.18. The average Bonchev–Trinajstić information content (AvgIpc) is 2.68. The number of anilines is 1. The molecule has 1 heterocycles. The van der Waals surface area contributed by atoms with Crippen LogP contribution in [0.2, 0.25) is 0 Å². The van der Waals surface area contributed by atoms with Crippen LogP contribution < -0.4 is 11.1 Å². The van der Waals surface area contributed by atoms with E-state index in [2.05, 4.69) is 10.3 Å². The fourth-order valence-electron chi connectivity index (χ4n) is 1.71. The second-order valence-corrected chi connectivity index (χ2v) is 4.34. The molecule has 1 atom stereocenters. The zero-order chi connectivity index (χ0) is 13.1. The van der Waals surface area contributed by atoms with Crippen molar-refractivity contribution in [3.8, 4) is 0 Å². The van der Waals surface area contributed by atoms with Gasteiger partial charge in [0.15, 0.2) is 11.5 Å². The first-order valence-electron chi connectivity index (χ1n) is 6.01. The number of hydrogen-bond acceptors (Lipinski definition) is 4.